The van der Waals surface area contributed by atoms with E-state index in [1.807, 2.05) is 92.7 Å². The summed E-state index contributed by atoms with van der Waals surface area (Å²) in [6, 6.07) is 25.0. The zero-order valence-electron chi connectivity index (χ0n) is 19.3. The van der Waals surface area contributed by atoms with Gasteiger partial charge >= 0.3 is 0 Å². The van der Waals surface area contributed by atoms with Gasteiger partial charge in [-0.15, -0.1) is 5.10 Å². The van der Waals surface area contributed by atoms with Crippen LogP contribution >= 0.6 is 23.4 Å². The number of aromatic nitrogens is 3. The highest BCUT2D eigenvalue weighted by Crippen LogP contribution is 2.37. The van der Waals surface area contributed by atoms with E-state index in [9.17, 15) is 4.79 Å². The van der Waals surface area contributed by atoms with E-state index >= 15 is 0 Å². The Morgan fingerprint density at radius 2 is 1.74 bits per heavy atom. The summed E-state index contributed by atoms with van der Waals surface area (Å²) in [5.74, 6) is 1.15. The Kier molecular flexibility index (Phi) is 6.61. The van der Waals surface area contributed by atoms with Crippen molar-refractivity contribution in [1.82, 2.24) is 14.8 Å². The zero-order valence-corrected chi connectivity index (χ0v) is 20.9. The van der Waals surface area contributed by atoms with Crippen molar-refractivity contribution in [3.8, 4) is 0 Å². The maximum Gasteiger partial charge on any atom is 0.255 e. The van der Waals surface area contributed by atoms with Crippen LogP contribution in [0.5, 0.6) is 0 Å². The normalized spacial score (nSPS) is 14.9. The minimum Gasteiger partial charge on any atom is -0.328 e. The Hall–Kier alpha value is -3.55. The molecule has 176 valence electrons. The van der Waals surface area contributed by atoms with Gasteiger partial charge in [0, 0.05) is 22.2 Å². The highest BCUT2D eigenvalue weighted by Gasteiger charge is 2.34. The lowest BCUT2D eigenvalue weighted by atomic mass is 9.95. The number of allylic oxidation sites excluding steroid dienone is 1. The number of para-hydroxylation sites is 1. The van der Waals surface area contributed by atoms with E-state index in [0.717, 1.165) is 28.1 Å². The lowest BCUT2D eigenvalue weighted by Gasteiger charge is -2.28. The summed E-state index contributed by atoms with van der Waals surface area (Å²) < 4.78 is 1.80. The van der Waals surface area contributed by atoms with Crippen LogP contribution in [0.15, 0.2) is 95.3 Å². The second kappa shape index (κ2) is 9.98. The Morgan fingerprint density at radius 1 is 1.03 bits per heavy atom. The van der Waals surface area contributed by atoms with Crippen LogP contribution in [0.2, 0.25) is 5.02 Å². The van der Waals surface area contributed by atoms with E-state index in [1.165, 1.54) is 0 Å². The van der Waals surface area contributed by atoms with Crippen molar-refractivity contribution in [3.63, 3.8) is 0 Å². The van der Waals surface area contributed by atoms with Gasteiger partial charge in [-0.1, -0.05) is 84.0 Å². The summed E-state index contributed by atoms with van der Waals surface area (Å²) in [5, 5.41) is 12.5. The first kappa shape index (κ1) is 23.2. The zero-order chi connectivity index (χ0) is 24.4. The van der Waals surface area contributed by atoms with Crippen LogP contribution in [-0.4, -0.2) is 20.7 Å². The maximum absolute atomic E-state index is 13.6. The van der Waals surface area contributed by atoms with Crippen molar-refractivity contribution in [3.05, 3.63) is 112 Å². The van der Waals surface area contributed by atoms with Gasteiger partial charge in [0.15, 0.2) is 0 Å². The lowest BCUT2D eigenvalue weighted by Crippen LogP contribution is -2.31. The van der Waals surface area contributed by atoms with Gasteiger partial charge in [-0.05, 0) is 48.7 Å². The van der Waals surface area contributed by atoms with E-state index in [-0.39, 0.29) is 5.91 Å². The molecule has 0 unspecified atom stereocenters. The molecule has 0 saturated carbocycles. The highest BCUT2D eigenvalue weighted by molar-refractivity contribution is 7.98. The fourth-order valence-corrected chi connectivity index (χ4v) is 4.97. The molecule has 0 bridgehead atoms. The van der Waals surface area contributed by atoms with Crippen molar-refractivity contribution in [2.45, 2.75) is 30.8 Å². The highest BCUT2D eigenvalue weighted by atomic mass is 35.5. The Bertz CT molecular complexity index is 1400. The molecule has 5 rings (SSSR count). The molecule has 1 amide bonds. The van der Waals surface area contributed by atoms with Gasteiger partial charge in [0.05, 0.1) is 5.57 Å². The van der Waals surface area contributed by atoms with Gasteiger partial charge in [0.25, 0.3) is 5.91 Å². The number of carbonyl (C=O) groups excluding carboxylic acids is 1. The summed E-state index contributed by atoms with van der Waals surface area (Å²) in [5.41, 5.74) is 5.23. The van der Waals surface area contributed by atoms with Gasteiger partial charge in [-0.25, -0.2) is 4.68 Å². The van der Waals surface area contributed by atoms with Gasteiger partial charge in [-0.2, -0.15) is 4.98 Å². The predicted molar refractivity (Wildman–Crippen MR) is 142 cm³/mol. The average molecular weight is 502 g/mol. The smallest absolute Gasteiger partial charge is 0.255 e. The number of anilines is 2. The summed E-state index contributed by atoms with van der Waals surface area (Å²) in [6.07, 6.45) is 0. The van der Waals surface area contributed by atoms with E-state index in [4.69, 9.17) is 21.7 Å². The molecule has 0 spiro atoms. The standard InChI is InChI=1S/C27H24ClN5OS/c1-17-8-6-7-11-22(17)30-25(34)23-18(2)29-26-31-27(35-16-19-12-14-21(28)15-13-19)32-33(26)24(23)20-9-4-3-5-10-20/h3-15,24H,16H2,1-2H3,(H,30,34)(H,29,31,32)/t24-/m1/s1. The number of nitrogens with zero attached hydrogens (tertiary/aromatic N) is 3. The minimum absolute atomic E-state index is 0.172. The largest absolute Gasteiger partial charge is 0.328 e. The molecule has 0 radical (unpaired) electrons. The van der Waals surface area contributed by atoms with E-state index < -0.39 is 6.04 Å². The fraction of sp³-hybridized carbons (Fsp3) is 0.148. The number of carbonyl (C=O) groups is 1. The molecule has 0 saturated heterocycles. The van der Waals surface area contributed by atoms with E-state index in [2.05, 4.69) is 10.6 Å². The number of rotatable bonds is 6. The van der Waals surface area contributed by atoms with E-state index in [0.29, 0.717) is 27.5 Å². The topological polar surface area (TPSA) is 71.8 Å². The molecule has 35 heavy (non-hydrogen) atoms. The van der Waals surface area contributed by atoms with Crippen LogP contribution in [0.3, 0.4) is 0 Å². The molecule has 6 nitrogen and oxygen atoms in total. The van der Waals surface area contributed by atoms with Crippen molar-refractivity contribution < 1.29 is 4.79 Å². The van der Waals surface area contributed by atoms with Crippen LogP contribution in [0.1, 0.15) is 29.7 Å². The quantitative estimate of drug-likeness (QED) is 0.297. The molecule has 0 aliphatic carbocycles. The van der Waals surface area contributed by atoms with Crippen LogP contribution in [0.25, 0.3) is 0 Å². The summed E-state index contributed by atoms with van der Waals surface area (Å²) in [7, 11) is 0. The minimum atomic E-state index is -0.408. The third kappa shape index (κ3) is 4.97. The third-order valence-corrected chi connectivity index (χ3v) is 7.03. The number of benzene rings is 3. The first-order valence-corrected chi connectivity index (χ1v) is 12.6. The number of nitrogens with one attached hydrogen (secondary N) is 2. The number of hydrogen-bond acceptors (Lipinski definition) is 5. The Balaban J connectivity index is 1.47. The number of hydrogen-bond donors (Lipinski definition) is 2. The van der Waals surface area contributed by atoms with Crippen LogP contribution in [0, 0.1) is 6.92 Å². The molecule has 4 aromatic rings. The van der Waals surface area contributed by atoms with Gasteiger partial charge in [-0.3, -0.25) is 4.79 Å². The second-order valence-corrected chi connectivity index (χ2v) is 9.70. The molecule has 1 aromatic heterocycles. The monoisotopic (exact) mass is 501 g/mol. The van der Waals surface area contributed by atoms with Gasteiger partial charge in [0.1, 0.15) is 6.04 Å². The lowest BCUT2D eigenvalue weighted by molar-refractivity contribution is -0.113. The SMILES string of the molecule is CC1=C(C(=O)Nc2ccccc2C)[C@@H](c2ccccc2)n2nc(SCc3ccc(Cl)cc3)nc2N1. The predicted octanol–water partition coefficient (Wildman–Crippen LogP) is 6.46. The molecule has 1 aliphatic rings. The number of halogens is 1. The van der Waals surface area contributed by atoms with Crippen molar-refractivity contribution >= 4 is 40.9 Å². The van der Waals surface area contributed by atoms with Crippen molar-refractivity contribution in [2.24, 2.45) is 0 Å². The molecule has 1 atom stereocenters. The van der Waals surface area contributed by atoms with Gasteiger partial charge < -0.3 is 10.6 Å². The first-order valence-electron chi connectivity index (χ1n) is 11.2. The summed E-state index contributed by atoms with van der Waals surface area (Å²) in [4.78, 5) is 18.3. The fourth-order valence-electron chi connectivity index (χ4n) is 4.06. The number of amides is 1. The Morgan fingerprint density at radius 3 is 2.49 bits per heavy atom. The molecule has 1 aliphatic heterocycles. The molecule has 8 heteroatoms. The van der Waals surface area contributed by atoms with Gasteiger partial charge in [0.2, 0.25) is 11.1 Å². The summed E-state index contributed by atoms with van der Waals surface area (Å²) in [6.45, 7) is 3.88. The number of aryl methyl sites for hydroxylation is 1. The van der Waals surface area contributed by atoms with E-state index in [1.54, 1.807) is 16.4 Å². The maximum atomic E-state index is 13.6. The van der Waals surface area contributed by atoms with Crippen LogP contribution in [-0.2, 0) is 10.5 Å². The first-order chi connectivity index (χ1) is 17.0. The third-order valence-electron chi connectivity index (χ3n) is 5.87. The molecule has 0 fully saturated rings. The average Bonchev–Trinajstić information content (AvgIpc) is 3.27. The molecule has 2 N–H and O–H groups in total. The van der Waals surface area contributed by atoms with Crippen LogP contribution in [0.4, 0.5) is 11.6 Å². The molecular weight excluding hydrogens is 478 g/mol. The van der Waals surface area contributed by atoms with Crippen molar-refractivity contribution in [1.29, 1.82) is 0 Å². The number of fused-ring (bicyclic) bond motifs is 1. The molecule has 2 heterocycles. The van der Waals surface area contributed by atoms with Crippen molar-refractivity contribution in [2.75, 3.05) is 10.6 Å². The second-order valence-electron chi connectivity index (χ2n) is 8.32. The molecule has 3 aromatic carbocycles. The summed E-state index contributed by atoms with van der Waals surface area (Å²) >= 11 is 7.54. The van der Waals surface area contributed by atoms with Crippen LogP contribution < -0.4 is 10.6 Å². The molecular formula is C27H24ClN5OS. The Labute approximate surface area is 213 Å². The number of thioether (sulfide) groups is 1.